The molecule has 3 nitrogen and oxygen atoms in total. The number of carbonyl (C=O) groups excluding carboxylic acids is 1. The van der Waals surface area contributed by atoms with Crippen LogP contribution in [0, 0.1) is 0 Å². The first-order chi connectivity index (χ1) is 8.33. The lowest BCUT2D eigenvalue weighted by Crippen LogP contribution is -2.44. The monoisotopic (exact) mass is 313 g/mol. The van der Waals surface area contributed by atoms with E-state index in [1.165, 1.54) is 0 Å². The second kappa shape index (κ2) is 5.74. The van der Waals surface area contributed by atoms with Gasteiger partial charge >= 0.3 is 0 Å². The fraction of sp³-hybridized carbons (Fsp3) is 0.500. The van der Waals surface area contributed by atoms with E-state index in [1.807, 2.05) is 7.05 Å². The van der Waals surface area contributed by atoms with Gasteiger partial charge in [-0.05, 0) is 54.4 Å². The fourth-order valence-electron chi connectivity index (χ4n) is 1.51. The van der Waals surface area contributed by atoms with Crippen LogP contribution in [0.3, 0.4) is 0 Å². The highest BCUT2D eigenvalue weighted by molar-refractivity contribution is 9.10. The van der Waals surface area contributed by atoms with Crippen molar-refractivity contribution in [3.63, 3.8) is 0 Å². The minimum absolute atomic E-state index is 0.0187. The first-order valence-electron chi connectivity index (χ1n) is 5.95. The molecular weight excluding hydrogens is 294 g/mol. The molecule has 0 saturated carbocycles. The van der Waals surface area contributed by atoms with Crippen molar-refractivity contribution in [3.8, 4) is 5.75 Å². The molecule has 0 aromatic heterocycles. The van der Waals surface area contributed by atoms with Crippen molar-refractivity contribution in [2.75, 3.05) is 14.2 Å². The third-order valence-electron chi connectivity index (χ3n) is 3.48. The van der Waals surface area contributed by atoms with Gasteiger partial charge in [0.25, 0.3) is 5.91 Å². The molecule has 4 heteroatoms. The molecule has 0 unspecified atom stereocenters. The van der Waals surface area contributed by atoms with Crippen LogP contribution in [-0.4, -0.2) is 30.5 Å². The van der Waals surface area contributed by atoms with Crippen LogP contribution < -0.4 is 4.74 Å². The molecule has 1 aromatic rings. The van der Waals surface area contributed by atoms with Crippen molar-refractivity contribution < 1.29 is 9.53 Å². The van der Waals surface area contributed by atoms with Gasteiger partial charge in [0.2, 0.25) is 0 Å². The highest BCUT2D eigenvalue weighted by atomic mass is 79.9. The summed E-state index contributed by atoms with van der Waals surface area (Å²) in [6.45, 7) is 6.20. The zero-order chi connectivity index (χ0) is 13.9. The molecular formula is C14H20BrNO2. The van der Waals surface area contributed by atoms with Crippen molar-refractivity contribution in [1.82, 2.24) is 4.90 Å². The van der Waals surface area contributed by atoms with Gasteiger partial charge in [-0.15, -0.1) is 0 Å². The van der Waals surface area contributed by atoms with Gasteiger partial charge in [0.15, 0.2) is 0 Å². The molecule has 0 atom stereocenters. The minimum atomic E-state index is -0.149. The summed E-state index contributed by atoms with van der Waals surface area (Å²) < 4.78 is 5.95. The topological polar surface area (TPSA) is 29.5 Å². The van der Waals surface area contributed by atoms with Crippen molar-refractivity contribution in [3.05, 3.63) is 28.2 Å². The van der Waals surface area contributed by atoms with Gasteiger partial charge < -0.3 is 9.64 Å². The summed E-state index contributed by atoms with van der Waals surface area (Å²) in [4.78, 5) is 14.1. The van der Waals surface area contributed by atoms with E-state index < -0.39 is 0 Å². The predicted octanol–water partition coefficient (Wildman–Crippen LogP) is 3.72. The number of rotatable bonds is 4. The maximum absolute atomic E-state index is 12.4. The summed E-state index contributed by atoms with van der Waals surface area (Å²) in [5.41, 5.74) is 0.510. The molecule has 100 valence electrons. The molecule has 0 aliphatic rings. The summed E-state index contributed by atoms with van der Waals surface area (Å²) in [5.74, 6) is 0.745. The first kappa shape index (κ1) is 15.0. The van der Waals surface area contributed by atoms with Crippen LogP contribution in [0.15, 0.2) is 22.7 Å². The summed E-state index contributed by atoms with van der Waals surface area (Å²) in [5, 5.41) is 0. The molecule has 0 aliphatic carbocycles. The predicted molar refractivity (Wildman–Crippen MR) is 77.2 cm³/mol. The van der Waals surface area contributed by atoms with Gasteiger partial charge in [-0.3, -0.25) is 4.79 Å². The van der Waals surface area contributed by atoms with Crippen molar-refractivity contribution >= 4 is 21.8 Å². The summed E-state index contributed by atoms with van der Waals surface area (Å²) in [7, 11) is 3.44. The van der Waals surface area contributed by atoms with E-state index in [-0.39, 0.29) is 11.4 Å². The number of benzene rings is 1. The van der Waals surface area contributed by atoms with Gasteiger partial charge in [-0.25, -0.2) is 0 Å². The number of hydrogen-bond donors (Lipinski definition) is 0. The average Bonchev–Trinajstić information content (AvgIpc) is 2.36. The van der Waals surface area contributed by atoms with Crippen LogP contribution in [0.25, 0.3) is 0 Å². The average molecular weight is 314 g/mol. The van der Waals surface area contributed by atoms with Crippen LogP contribution in [0.2, 0.25) is 0 Å². The van der Waals surface area contributed by atoms with Crippen molar-refractivity contribution in [2.24, 2.45) is 0 Å². The third-order valence-corrected chi connectivity index (χ3v) is 4.10. The minimum Gasteiger partial charge on any atom is -0.496 e. The Balaban J connectivity index is 3.01. The van der Waals surface area contributed by atoms with Gasteiger partial charge in [0, 0.05) is 18.2 Å². The first-order valence-corrected chi connectivity index (χ1v) is 6.74. The molecule has 1 aromatic carbocycles. The van der Waals surface area contributed by atoms with E-state index in [0.717, 1.165) is 16.6 Å². The van der Waals surface area contributed by atoms with Gasteiger partial charge in [0.05, 0.1) is 11.6 Å². The van der Waals surface area contributed by atoms with Gasteiger partial charge in [-0.2, -0.15) is 0 Å². The summed E-state index contributed by atoms with van der Waals surface area (Å²) in [6, 6.07) is 5.38. The van der Waals surface area contributed by atoms with Crippen LogP contribution in [0.4, 0.5) is 0 Å². The third kappa shape index (κ3) is 3.05. The molecule has 0 saturated heterocycles. The highest BCUT2D eigenvalue weighted by Crippen LogP contribution is 2.27. The quantitative estimate of drug-likeness (QED) is 0.848. The number of ether oxygens (including phenoxy) is 1. The van der Waals surface area contributed by atoms with E-state index >= 15 is 0 Å². The van der Waals surface area contributed by atoms with Crippen LogP contribution in [-0.2, 0) is 0 Å². The Morgan fingerprint density at radius 3 is 2.50 bits per heavy atom. The zero-order valence-corrected chi connectivity index (χ0v) is 13.2. The lowest BCUT2D eigenvalue weighted by atomic mass is 9.99. The lowest BCUT2D eigenvalue weighted by Gasteiger charge is -2.35. The van der Waals surface area contributed by atoms with Crippen LogP contribution >= 0.6 is 15.9 Å². The molecule has 0 aliphatic heterocycles. The van der Waals surface area contributed by atoms with Gasteiger partial charge in [0.1, 0.15) is 5.75 Å². The number of carbonyl (C=O) groups is 1. The highest BCUT2D eigenvalue weighted by Gasteiger charge is 2.26. The maximum atomic E-state index is 12.4. The number of amides is 1. The number of nitrogens with zero attached hydrogens (tertiary/aromatic N) is 1. The Bertz CT molecular complexity index is 443. The largest absolute Gasteiger partial charge is 0.496 e. The molecule has 1 rings (SSSR count). The summed E-state index contributed by atoms with van der Waals surface area (Å²) >= 11 is 3.40. The molecule has 0 fully saturated rings. The Morgan fingerprint density at radius 2 is 2.06 bits per heavy atom. The second-order valence-corrected chi connectivity index (χ2v) is 5.73. The van der Waals surface area contributed by atoms with E-state index in [2.05, 4.69) is 36.7 Å². The zero-order valence-electron chi connectivity index (χ0n) is 11.6. The lowest BCUT2D eigenvalue weighted by molar-refractivity contribution is 0.0620. The van der Waals surface area contributed by atoms with E-state index in [9.17, 15) is 4.79 Å². The number of hydrogen-bond acceptors (Lipinski definition) is 2. The smallest absolute Gasteiger partial charge is 0.254 e. The number of methoxy groups -OCH3 is 1. The Morgan fingerprint density at radius 1 is 1.44 bits per heavy atom. The van der Waals surface area contributed by atoms with Crippen molar-refractivity contribution in [2.45, 2.75) is 32.7 Å². The molecule has 0 heterocycles. The number of halogens is 1. The molecule has 1 amide bonds. The SMILES string of the molecule is CCC(C)(C)N(C)C(=O)c1ccc(OC)c(Br)c1. The fourth-order valence-corrected chi connectivity index (χ4v) is 2.05. The standard InChI is InChI=1S/C14H20BrNO2/c1-6-14(2,3)16(4)13(17)10-7-8-12(18-5)11(15)9-10/h7-9H,6H2,1-5H3. The molecule has 0 radical (unpaired) electrons. The molecule has 0 spiro atoms. The Kier molecular flexibility index (Phi) is 4.79. The maximum Gasteiger partial charge on any atom is 0.254 e. The molecule has 0 bridgehead atoms. The van der Waals surface area contributed by atoms with E-state index in [4.69, 9.17) is 4.74 Å². The molecule has 0 N–H and O–H groups in total. The molecule has 18 heavy (non-hydrogen) atoms. The van der Waals surface area contributed by atoms with Crippen molar-refractivity contribution in [1.29, 1.82) is 0 Å². The Hall–Kier alpha value is -1.03. The van der Waals surface area contributed by atoms with E-state index in [1.54, 1.807) is 30.2 Å². The second-order valence-electron chi connectivity index (χ2n) is 4.88. The summed E-state index contributed by atoms with van der Waals surface area (Å²) in [6.07, 6.45) is 0.909. The normalized spacial score (nSPS) is 11.2. The van der Waals surface area contributed by atoms with E-state index in [0.29, 0.717) is 5.56 Å². The van der Waals surface area contributed by atoms with Crippen LogP contribution in [0.5, 0.6) is 5.75 Å². The van der Waals surface area contributed by atoms with Gasteiger partial charge in [-0.1, -0.05) is 6.92 Å². The Labute approximate surface area is 117 Å². The van der Waals surface area contributed by atoms with Crippen LogP contribution in [0.1, 0.15) is 37.6 Å².